The van der Waals surface area contributed by atoms with Crippen molar-refractivity contribution in [2.45, 2.75) is 53.0 Å². The molecule has 0 amide bonds. The molecular weight excluding hydrogens is 254 g/mol. The molecule has 104 valence electrons. The molecule has 0 aliphatic carbocycles. The van der Waals surface area contributed by atoms with E-state index in [-0.39, 0.29) is 0 Å². The lowest BCUT2D eigenvalue weighted by Crippen LogP contribution is -2.31. The SMILES string of the molecule is CCCC(Cc1ncnc2sc(C)c(C)c12)NCC. The minimum Gasteiger partial charge on any atom is -0.314 e. The Hall–Kier alpha value is -1.00. The fourth-order valence-corrected chi connectivity index (χ4v) is 3.57. The van der Waals surface area contributed by atoms with Crippen molar-refractivity contribution in [1.82, 2.24) is 15.3 Å². The Morgan fingerprint density at radius 3 is 2.74 bits per heavy atom. The van der Waals surface area contributed by atoms with E-state index in [4.69, 9.17) is 0 Å². The van der Waals surface area contributed by atoms with Gasteiger partial charge in [-0.2, -0.15) is 0 Å². The zero-order valence-corrected chi connectivity index (χ0v) is 13.1. The van der Waals surface area contributed by atoms with Crippen molar-refractivity contribution in [1.29, 1.82) is 0 Å². The van der Waals surface area contributed by atoms with Gasteiger partial charge in [0.25, 0.3) is 0 Å². The molecule has 0 aliphatic heterocycles. The quantitative estimate of drug-likeness (QED) is 0.876. The van der Waals surface area contributed by atoms with Crippen LogP contribution in [-0.2, 0) is 6.42 Å². The Labute approximate surface area is 119 Å². The van der Waals surface area contributed by atoms with E-state index in [0.717, 1.165) is 17.8 Å². The minimum absolute atomic E-state index is 0.521. The zero-order valence-electron chi connectivity index (χ0n) is 12.3. The molecule has 0 aromatic carbocycles. The summed E-state index contributed by atoms with van der Waals surface area (Å²) in [5, 5.41) is 4.85. The minimum atomic E-state index is 0.521. The van der Waals surface area contributed by atoms with Gasteiger partial charge >= 0.3 is 0 Å². The van der Waals surface area contributed by atoms with Crippen LogP contribution in [0.3, 0.4) is 0 Å². The molecule has 19 heavy (non-hydrogen) atoms. The molecule has 1 unspecified atom stereocenters. The lowest BCUT2D eigenvalue weighted by atomic mass is 10.0. The number of rotatable bonds is 6. The summed E-state index contributed by atoms with van der Waals surface area (Å²) in [5.41, 5.74) is 2.55. The van der Waals surface area contributed by atoms with Gasteiger partial charge in [-0.1, -0.05) is 20.3 Å². The predicted molar refractivity (Wildman–Crippen MR) is 83.0 cm³/mol. The summed E-state index contributed by atoms with van der Waals surface area (Å²) in [6.45, 7) is 9.76. The van der Waals surface area contributed by atoms with Gasteiger partial charge in [0.2, 0.25) is 0 Å². The summed E-state index contributed by atoms with van der Waals surface area (Å²) < 4.78 is 0. The van der Waals surface area contributed by atoms with Gasteiger partial charge in [0.1, 0.15) is 11.2 Å². The number of aromatic nitrogens is 2. The summed E-state index contributed by atoms with van der Waals surface area (Å²) in [4.78, 5) is 11.4. The van der Waals surface area contributed by atoms with E-state index in [1.54, 1.807) is 17.7 Å². The Bertz CT molecular complexity index is 542. The molecule has 4 heteroatoms. The van der Waals surface area contributed by atoms with Crippen LogP contribution in [0.5, 0.6) is 0 Å². The molecule has 2 heterocycles. The van der Waals surface area contributed by atoms with E-state index >= 15 is 0 Å². The van der Waals surface area contributed by atoms with Crippen LogP contribution in [0, 0.1) is 13.8 Å². The highest BCUT2D eigenvalue weighted by Gasteiger charge is 2.15. The number of hydrogen-bond donors (Lipinski definition) is 1. The highest BCUT2D eigenvalue weighted by molar-refractivity contribution is 7.18. The van der Waals surface area contributed by atoms with Crippen LogP contribution >= 0.6 is 11.3 Å². The van der Waals surface area contributed by atoms with Crippen molar-refractivity contribution in [2.75, 3.05) is 6.54 Å². The summed E-state index contributed by atoms with van der Waals surface area (Å²) in [6, 6.07) is 0.521. The van der Waals surface area contributed by atoms with Gasteiger partial charge in [-0.05, 0) is 32.4 Å². The number of nitrogens with zero attached hydrogens (tertiary/aromatic N) is 2. The largest absolute Gasteiger partial charge is 0.314 e. The first-order valence-corrected chi connectivity index (χ1v) is 7.91. The van der Waals surface area contributed by atoms with Crippen LogP contribution < -0.4 is 5.32 Å². The van der Waals surface area contributed by atoms with Crippen LogP contribution in [-0.4, -0.2) is 22.6 Å². The summed E-state index contributed by atoms with van der Waals surface area (Å²) in [5.74, 6) is 0. The second kappa shape index (κ2) is 6.44. The lowest BCUT2D eigenvalue weighted by molar-refractivity contribution is 0.483. The number of likely N-dealkylation sites (N-methyl/N-ethyl adjacent to an activating group) is 1. The fraction of sp³-hybridized carbons (Fsp3) is 0.600. The van der Waals surface area contributed by atoms with Crippen molar-refractivity contribution in [3.63, 3.8) is 0 Å². The van der Waals surface area contributed by atoms with Gasteiger partial charge in [0, 0.05) is 22.7 Å². The zero-order chi connectivity index (χ0) is 13.8. The van der Waals surface area contributed by atoms with Crippen molar-refractivity contribution in [2.24, 2.45) is 0 Å². The third-order valence-electron chi connectivity index (χ3n) is 3.61. The standard InChI is InChI=1S/C15H23N3S/c1-5-7-12(16-6-2)8-13-14-10(3)11(4)19-15(14)18-9-17-13/h9,12,16H,5-8H2,1-4H3. The van der Waals surface area contributed by atoms with Gasteiger partial charge in [-0.15, -0.1) is 11.3 Å². The van der Waals surface area contributed by atoms with E-state index in [9.17, 15) is 0 Å². The lowest BCUT2D eigenvalue weighted by Gasteiger charge is -2.17. The highest BCUT2D eigenvalue weighted by atomic mass is 32.1. The topological polar surface area (TPSA) is 37.8 Å². The van der Waals surface area contributed by atoms with Crippen molar-refractivity contribution >= 4 is 21.6 Å². The third-order valence-corrected chi connectivity index (χ3v) is 4.73. The van der Waals surface area contributed by atoms with Crippen molar-refractivity contribution in [3.8, 4) is 0 Å². The van der Waals surface area contributed by atoms with E-state index < -0.39 is 0 Å². The molecule has 1 N–H and O–H groups in total. The van der Waals surface area contributed by atoms with Crippen molar-refractivity contribution in [3.05, 3.63) is 22.5 Å². The fourth-order valence-electron chi connectivity index (χ4n) is 2.56. The Morgan fingerprint density at radius 2 is 2.05 bits per heavy atom. The number of thiophene rings is 1. The summed E-state index contributed by atoms with van der Waals surface area (Å²) >= 11 is 1.78. The molecule has 3 nitrogen and oxygen atoms in total. The number of aryl methyl sites for hydroxylation is 2. The third kappa shape index (κ3) is 3.12. The van der Waals surface area contributed by atoms with Crippen molar-refractivity contribution < 1.29 is 0 Å². The maximum atomic E-state index is 4.54. The van der Waals surface area contributed by atoms with E-state index in [0.29, 0.717) is 6.04 Å². The molecule has 0 fully saturated rings. The average Bonchev–Trinajstić information content (AvgIpc) is 2.67. The summed E-state index contributed by atoms with van der Waals surface area (Å²) in [7, 11) is 0. The van der Waals surface area contributed by atoms with E-state index in [1.165, 1.54) is 34.4 Å². The Kier molecular flexibility index (Phi) is 4.88. The first-order valence-electron chi connectivity index (χ1n) is 7.10. The molecule has 2 aromatic rings. The van der Waals surface area contributed by atoms with Gasteiger partial charge in [-0.3, -0.25) is 0 Å². The maximum absolute atomic E-state index is 4.54. The molecule has 0 bridgehead atoms. The Balaban J connectivity index is 2.33. The molecular formula is C15H23N3S. The van der Waals surface area contributed by atoms with E-state index in [2.05, 4.69) is 43.0 Å². The van der Waals surface area contributed by atoms with Crippen LogP contribution in [0.2, 0.25) is 0 Å². The molecule has 0 saturated heterocycles. The summed E-state index contributed by atoms with van der Waals surface area (Å²) in [6.07, 6.45) is 5.11. The monoisotopic (exact) mass is 277 g/mol. The first kappa shape index (κ1) is 14.4. The van der Waals surface area contributed by atoms with Gasteiger partial charge in [0.05, 0.1) is 5.69 Å². The average molecular weight is 277 g/mol. The molecule has 0 aliphatic rings. The molecule has 2 aromatic heterocycles. The van der Waals surface area contributed by atoms with Crippen LogP contribution in [0.25, 0.3) is 10.2 Å². The van der Waals surface area contributed by atoms with Gasteiger partial charge in [-0.25, -0.2) is 9.97 Å². The smallest absolute Gasteiger partial charge is 0.127 e. The molecule has 0 spiro atoms. The van der Waals surface area contributed by atoms with Gasteiger partial charge < -0.3 is 5.32 Å². The molecule has 0 saturated carbocycles. The predicted octanol–water partition coefficient (Wildman–Crippen LogP) is 3.63. The first-order chi connectivity index (χ1) is 9.17. The number of nitrogens with one attached hydrogen (secondary N) is 1. The van der Waals surface area contributed by atoms with E-state index in [1.807, 2.05) is 0 Å². The molecule has 0 radical (unpaired) electrons. The van der Waals surface area contributed by atoms with Crippen LogP contribution in [0.15, 0.2) is 6.33 Å². The molecule has 1 atom stereocenters. The number of fused-ring (bicyclic) bond motifs is 1. The van der Waals surface area contributed by atoms with Crippen LogP contribution in [0.1, 0.15) is 42.8 Å². The Morgan fingerprint density at radius 1 is 1.26 bits per heavy atom. The maximum Gasteiger partial charge on any atom is 0.127 e. The molecule has 2 rings (SSSR count). The van der Waals surface area contributed by atoms with Gasteiger partial charge in [0.15, 0.2) is 0 Å². The normalized spacial score (nSPS) is 13.1. The highest BCUT2D eigenvalue weighted by Crippen LogP contribution is 2.30. The second-order valence-electron chi connectivity index (χ2n) is 5.03. The van der Waals surface area contributed by atoms with Crippen LogP contribution in [0.4, 0.5) is 0 Å². The second-order valence-corrected chi connectivity index (χ2v) is 6.23. The number of hydrogen-bond acceptors (Lipinski definition) is 4.